The van der Waals surface area contributed by atoms with Crippen LogP contribution in [0.15, 0.2) is 170 Å². The van der Waals surface area contributed by atoms with Crippen LogP contribution in [0.4, 0.5) is 0 Å². The minimum atomic E-state index is -0.0603. The number of fused-ring (bicyclic) bond motifs is 8. The third-order valence-electron chi connectivity index (χ3n) is 11.0. The summed E-state index contributed by atoms with van der Waals surface area (Å²) in [4.78, 5) is 0. The second-order valence-corrected chi connectivity index (χ2v) is 14.1. The van der Waals surface area contributed by atoms with Crippen LogP contribution in [0.5, 0.6) is 0 Å². The summed E-state index contributed by atoms with van der Waals surface area (Å²) in [5.41, 5.74) is 13.1. The van der Waals surface area contributed by atoms with Gasteiger partial charge in [-0.05, 0) is 111 Å². The molecular weight excluding hydrogens is 589 g/mol. The van der Waals surface area contributed by atoms with Crippen molar-refractivity contribution in [3.05, 3.63) is 181 Å². The average molecular weight is 623 g/mol. The lowest BCUT2D eigenvalue weighted by atomic mass is 9.81. The molecule has 0 saturated heterocycles. The Kier molecular flexibility index (Phi) is 6.02. The first-order chi connectivity index (χ1) is 24.1. The van der Waals surface area contributed by atoms with Crippen LogP contribution >= 0.6 is 0 Å². The summed E-state index contributed by atoms with van der Waals surface area (Å²) >= 11 is 0. The molecule has 9 aromatic carbocycles. The Hall–Kier alpha value is -5.98. The zero-order chi connectivity index (χ0) is 32.7. The normalized spacial score (nSPS) is 13.3. The van der Waals surface area contributed by atoms with Gasteiger partial charge >= 0.3 is 0 Å². The van der Waals surface area contributed by atoms with E-state index in [4.69, 9.17) is 0 Å². The van der Waals surface area contributed by atoms with E-state index in [1.807, 2.05) is 0 Å². The van der Waals surface area contributed by atoms with E-state index in [1.165, 1.54) is 98.7 Å². The number of hydrogen-bond donors (Lipinski definition) is 0. The van der Waals surface area contributed by atoms with Crippen molar-refractivity contribution >= 4 is 43.1 Å². The Morgan fingerprint density at radius 1 is 0.306 bits per heavy atom. The minimum Gasteiger partial charge on any atom is -0.0616 e. The first-order valence-corrected chi connectivity index (χ1v) is 17.3. The van der Waals surface area contributed by atoms with E-state index in [-0.39, 0.29) is 5.41 Å². The zero-order valence-corrected chi connectivity index (χ0v) is 27.7. The first kappa shape index (κ1) is 28.1. The fourth-order valence-electron chi connectivity index (χ4n) is 8.61. The molecular formula is C49H34. The predicted octanol–water partition coefficient (Wildman–Crippen LogP) is 13.6. The summed E-state index contributed by atoms with van der Waals surface area (Å²) in [6.07, 6.45) is 0. The van der Waals surface area contributed by atoms with Gasteiger partial charge in [0.05, 0.1) is 0 Å². The molecule has 0 heterocycles. The van der Waals surface area contributed by atoms with Crippen molar-refractivity contribution in [2.45, 2.75) is 19.3 Å². The molecule has 0 saturated carbocycles. The van der Waals surface area contributed by atoms with Gasteiger partial charge in [0.15, 0.2) is 0 Å². The van der Waals surface area contributed by atoms with Crippen molar-refractivity contribution in [1.29, 1.82) is 0 Å². The summed E-state index contributed by atoms with van der Waals surface area (Å²) in [6.45, 7) is 4.74. The number of hydrogen-bond acceptors (Lipinski definition) is 0. The molecule has 0 bridgehead atoms. The maximum absolute atomic E-state index is 2.43. The number of rotatable bonds is 3. The molecule has 49 heavy (non-hydrogen) atoms. The van der Waals surface area contributed by atoms with Gasteiger partial charge in [-0.2, -0.15) is 0 Å². The Bertz CT molecular complexity index is 2720. The van der Waals surface area contributed by atoms with Gasteiger partial charge < -0.3 is 0 Å². The van der Waals surface area contributed by atoms with E-state index in [2.05, 4.69) is 184 Å². The highest BCUT2D eigenvalue weighted by molar-refractivity contribution is 6.21. The van der Waals surface area contributed by atoms with E-state index in [1.54, 1.807) is 0 Å². The molecule has 0 unspecified atom stereocenters. The van der Waals surface area contributed by atoms with Gasteiger partial charge in [0, 0.05) is 5.41 Å². The lowest BCUT2D eigenvalue weighted by Gasteiger charge is -2.22. The van der Waals surface area contributed by atoms with E-state index < -0.39 is 0 Å². The molecule has 9 aromatic rings. The van der Waals surface area contributed by atoms with E-state index in [0.717, 1.165) is 0 Å². The first-order valence-electron chi connectivity index (χ1n) is 17.3. The zero-order valence-electron chi connectivity index (χ0n) is 27.7. The van der Waals surface area contributed by atoms with Crippen LogP contribution in [0.25, 0.3) is 87.6 Å². The fraction of sp³-hybridized carbons (Fsp3) is 0.0612. The van der Waals surface area contributed by atoms with Crippen molar-refractivity contribution in [3.63, 3.8) is 0 Å². The lowest BCUT2D eigenvalue weighted by molar-refractivity contribution is 0.661. The fourth-order valence-corrected chi connectivity index (χ4v) is 8.61. The minimum absolute atomic E-state index is 0.0603. The predicted molar refractivity (Wildman–Crippen MR) is 210 cm³/mol. The third kappa shape index (κ3) is 4.17. The highest BCUT2D eigenvalue weighted by Gasteiger charge is 2.36. The van der Waals surface area contributed by atoms with Gasteiger partial charge in [0.2, 0.25) is 0 Å². The third-order valence-corrected chi connectivity index (χ3v) is 11.0. The molecule has 10 rings (SSSR count). The summed E-state index contributed by atoms with van der Waals surface area (Å²) in [5, 5.41) is 10.3. The van der Waals surface area contributed by atoms with Crippen LogP contribution in [0.3, 0.4) is 0 Å². The van der Waals surface area contributed by atoms with Crippen LogP contribution in [-0.2, 0) is 5.41 Å². The van der Waals surface area contributed by atoms with E-state index in [0.29, 0.717) is 0 Å². The van der Waals surface area contributed by atoms with Crippen LogP contribution < -0.4 is 0 Å². The molecule has 230 valence electrons. The SMILES string of the molecule is CC1(C)c2cc(-c3ccc(-c4c5ccccc5c(-c5ccc6ccccc6c5)c5ccccc45)cc3)ccc2-c2c1ccc1ccccc21. The van der Waals surface area contributed by atoms with Gasteiger partial charge in [-0.1, -0.05) is 172 Å². The molecule has 0 aliphatic heterocycles. The van der Waals surface area contributed by atoms with Gasteiger partial charge in [-0.25, -0.2) is 0 Å². The van der Waals surface area contributed by atoms with Crippen LogP contribution in [0.1, 0.15) is 25.0 Å². The van der Waals surface area contributed by atoms with Gasteiger partial charge in [0.1, 0.15) is 0 Å². The van der Waals surface area contributed by atoms with Gasteiger partial charge in [0.25, 0.3) is 0 Å². The second-order valence-electron chi connectivity index (χ2n) is 14.1. The lowest BCUT2D eigenvalue weighted by Crippen LogP contribution is -2.15. The highest BCUT2D eigenvalue weighted by atomic mass is 14.4. The maximum atomic E-state index is 2.43. The van der Waals surface area contributed by atoms with Crippen molar-refractivity contribution in [2.75, 3.05) is 0 Å². The molecule has 0 spiro atoms. The van der Waals surface area contributed by atoms with Crippen molar-refractivity contribution in [3.8, 4) is 44.5 Å². The number of benzene rings is 9. The average Bonchev–Trinajstić information content (AvgIpc) is 3.39. The van der Waals surface area contributed by atoms with Crippen molar-refractivity contribution < 1.29 is 0 Å². The van der Waals surface area contributed by atoms with Crippen LogP contribution in [0.2, 0.25) is 0 Å². The van der Waals surface area contributed by atoms with Crippen molar-refractivity contribution in [2.24, 2.45) is 0 Å². The van der Waals surface area contributed by atoms with Crippen LogP contribution in [-0.4, -0.2) is 0 Å². The monoisotopic (exact) mass is 622 g/mol. The van der Waals surface area contributed by atoms with E-state index in [9.17, 15) is 0 Å². The molecule has 0 N–H and O–H groups in total. The van der Waals surface area contributed by atoms with Crippen LogP contribution in [0, 0.1) is 0 Å². The molecule has 0 fully saturated rings. The summed E-state index contributed by atoms with van der Waals surface area (Å²) in [6, 6.07) is 63.1. The Labute approximate surface area is 286 Å². The second kappa shape index (κ2) is 10.5. The van der Waals surface area contributed by atoms with Gasteiger partial charge in [-0.15, -0.1) is 0 Å². The molecule has 0 aromatic heterocycles. The largest absolute Gasteiger partial charge is 0.0616 e. The molecule has 0 heteroatoms. The summed E-state index contributed by atoms with van der Waals surface area (Å²) in [5.74, 6) is 0. The highest BCUT2D eigenvalue weighted by Crippen LogP contribution is 2.52. The smallest absolute Gasteiger partial charge is 0.0159 e. The Morgan fingerprint density at radius 3 is 1.47 bits per heavy atom. The standard InChI is InChI=1S/C49H34/c1-49(2)44-28-26-33-12-5-6-14-38(33)48(44)43-27-25-36(30-45(43)49)32-19-22-34(23-20-32)46-39-15-7-9-17-41(39)47(42-18-10-8-16-40(42)46)37-24-21-31-11-3-4-13-35(31)29-37/h3-30H,1-2H3. The molecule has 0 amide bonds. The maximum Gasteiger partial charge on any atom is 0.0159 e. The topological polar surface area (TPSA) is 0 Å². The van der Waals surface area contributed by atoms with Gasteiger partial charge in [-0.3, -0.25) is 0 Å². The molecule has 1 aliphatic carbocycles. The van der Waals surface area contributed by atoms with E-state index >= 15 is 0 Å². The molecule has 0 nitrogen and oxygen atoms in total. The summed E-state index contributed by atoms with van der Waals surface area (Å²) < 4.78 is 0. The Balaban J connectivity index is 1.11. The van der Waals surface area contributed by atoms with Crippen molar-refractivity contribution in [1.82, 2.24) is 0 Å². The molecule has 1 aliphatic rings. The Morgan fingerprint density at radius 2 is 0.796 bits per heavy atom. The molecule has 0 atom stereocenters. The quantitative estimate of drug-likeness (QED) is 0.172. The summed E-state index contributed by atoms with van der Waals surface area (Å²) in [7, 11) is 0. The molecule has 0 radical (unpaired) electrons.